The number of nitrogens with zero attached hydrogens (tertiary/aromatic N) is 1. The summed E-state index contributed by atoms with van der Waals surface area (Å²) in [7, 11) is 0. The summed E-state index contributed by atoms with van der Waals surface area (Å²) in [6.45, 7) is 7.39. The van der Waals surface area contributed by atoms with Gasteiger partial charge in [-0.05, 0) is 34.1 Å². The molecule has 106 valence electrons. The number of cyclic esters (lactones) is 2. The van der Waals surface area contributed by atoms with E-state index in [4.69, 9.17) is 4.74 Å². The van der Waals surface area contributed by atoms with Crippen LogP contribution in [0, 0.1) is 11.8 Å². The summed E-state index contributed by atoms with van der Waals surface area (Å²) in [5.74, 6) is -1.96. The zero-order valence-electron chi connectivity index (χ0n) is 11.6. The maximum atomic E-state index is 12.1. The molecule has 2 saturated heterocycles. The molecule has 0 aromatic heterocycles. The molecule has 3 atom stereocenters. The number of rotatable bonds is 0. The SMILES string of the molecule is CC1CC2C(=O)OC(=O)C2CN1C(=O)OC(C)(C)C. The van der Waals surface area contributed by atoms with Crippen molar-refractivity contribution in [1.82, 2.24) is 4.90 Å². The fourth-order valence-electron chi connectivity index (χ4n) is 2.50. The molecule has 0 aromatic carbocycles. The Kier molecular flexibility index (Phi) is 3.28. The molecule has 2 fully saturated rings. The molecule has 0 radical (unpaired) electrons. The van der Waals surface area contributed by atoms with Crippen LogP contribution in [-0.2, 0) is 19.1 Å². The van der Waals surface area contributed by atoms with Crippen LogP contribution in [0.2, 0.25) is 0 Å². The van der Waals surface area contributed by atoms with Crippen LogP contribution in [0.15, 0.2) is 0 Å². The van der Waals surface area contributed by atoms with E-state index in [0.717, 1.165) is 0 Å². The van der Waals surface area contributed by atoms with Gasteiger partial charge in [0.2, 0.25) is 0 Å². The lowest BCUT2D eigenvalue weighted by molar-refractivity contribution is -0.153. The Bertz CT molecular complexity index is 425. The van der Waals surface area contributed by atoms with Crippen molar-refractivity contribution in [3.05, 3.63) is 0 Å². The van der Waals surface area contributed by atoms with Crippen molar-refractivity contribution < 1.29 is 23.9 Å². The summed E-state index contributed by atoms with van der Waals surface area (Å²) in [4.78, 5) is 36.6. The van der Waals surface area contributed by atoms with Crippen LogP contribution < -0.4 is 0 Å². The highest BCUT2D eigenvalue weighted by molar-refractivity contribution is 5.97. The number of piperidine rings is 1. The van der Waals surface area contributed by atoms with E-state index in [-0.39, 0.29) is 12.6 Å². The molecule has 19 heavy (non-hydrogen) atoms. The molecule has 2 aliphatic heterocycles. The van der Waals surface area contributed by atoms with Gasteiger partial charge in [-0.25, -0.2) is 4.79 Å². The van der Waals surface area contributed by atoms with E-state index in [1.807, 2.05) is 6.92 Å². The third-order valence-electron chi connectivity index (χ3n) is 3.44. The van der Waals surface area contributed by atoms with Gasteiger partial charge in [-0.3, -0.25) is 9.59 Å². The molecule has 0 saturated carbocycles. The average Bonchev–Trinajstić information content (AvgIpc) is 2.50. The molecule has 2 heterocycles. The van der Waals surface area contributed by atoms with E-state index in [1.165, 1.54) is 4.90 Å². The molecule has 3 unspecified atom stereocenters. The highest BCUT2D eigenvalue weighted by Gasteiger charge is 2.50. The molecule has 0 aliphatic carbocycles. The van der Waals surface area contributed by atoms with Crippen LogP contribution in [0.4, 0.5) is 4.79 Å². The fraction of sp³-hybridized carbons (Fsp3) is 0.769. The number of amides is 1. The number of hydrogen-bond donors (Lipinski definition) is 0. The Morgan fingerprint density at radius 3 is 2.42 bits per heavy atom. The van der Waals surface area contributed by atoms with Gasteiger partial charge in [0.25, 0.3) is 0 Å². The largest absolute Gasteiger partial charge is 0.444 e. The predicted octanol–water partition coefficient (Wildman–Crippen LogP) is 1.33. The molecule has 1 amide bonds. The minimum absolute atomic E-state index is 0.144. The zero-order chi connectivity index (χ0) is 14.4. The molecular formula is C13H19NO5. The summed E-state index contributed by atoms with van der Waals surface area (Å²) >= 11 is 0. The van der Waals surface area contributed by atoms with Crippen molar-refractivity contribution >= 4 is 18.0 Å². The predicted molar refractivity (Wildman–Crippen MR) is 65.1 cm³/mol. The van der Waals surface area contributed by atoms with Crippen LogP contribution >= 0.6 is 0 Å². The van der Waals surface area contributed by atoms with Gasteiger partial charge >= 0.3 is 18.0 Å². The van der Waals surface area contributed by atoms with Crippen LogP contribution in [0.25, 0.3) is 0 Å². The van der Waals surface area contributed by atoms with Gasteiger partial charge < -0.3 is 14.4 Å². The Morgan fingerprint density at radius 1 is 1.26 bits per heavy atom. The lowest BCUT2D eigenvalue weighted by Gasteiger charge is -2.38. The van der Waals surface area contributed by atoms with Gasteiger partial charge in [0.15, 0.2) is 0 Å². The van der Waals surface area contributed by atoms with Crippen LogP contribution in [0.5, 0.6) is 0 Å². The van der Waals surface area contributed by atoms with Gasteiger partial charge in [-0.15, -0.1) is 0 Å². The maximum absolute atomic E-state index is 12.1. The normalized spacial score (nSPS) is 30.9. The first-order chi connectivity index (χ1) is 8.69. The van der Waals surface area contributed by atoms with Crippen molar-refractivity contribution in [3.63, 3.8) is 0 Å². The molecule has 2 rings (SSSR count). The van der Waals surface area contributed by atoms with Gasteiger partial charge in [0, 0.05) is 12.6 Å². The van der Waals surface area contributed by atoms with Crippen LogP contribution in [0.3, 0.4) is 0 Å². The molecule has 2 aliphatic rings. The molecule has 6 heteroatoms. The number of carbonyl (C=O) groups is 3. The van der Waals surface area contributed by atoms with Crippen molar-refractivity contribution in [2.75, 3.05) is 6.54 Å². The number of carbonyl (C=O) groups excluding carboxylic acids is 3. The maximum Gasteiger partial charge on any atom is 0.410 e. The Balaban J connectivity index is 2.10. The lowest BCUT2D eigenvalue weighted by Crippen LogP contribution is -2.51. The van der Waals surface area contributed by atoms with Crippen molar-refractivity contribution in [2.45, 2.75) is 45.8 Å². The lowest BCUT2D eigenvalue weighted by atomic mass is 9.84. The fourth-order valence-corrected chi connectivity index (χ4v) is 2.50. The number of esters is 2. The van der Waals surface area contributed by atoms with E-state index >= 15 is 0 Å². The molecule has 0 N–H and O–H groups in total. The van der Waals surface area contributed by atoms with E-state index in [2.05, 4.69) is 4.74 Å². The van der Waals surface area contributed by atoms with Gasteiger partial charge in [0.05, 0.1) is 11.8 Å². The minimum Gasteiger partial charge on any atom is -0.444 e. The molecule has 6 nitrogen and oxygen atoms in total. The third kappa shape index (κ3) is 2.72. The van der Waals surface area contributed by atoms with Crippen LogP contribution in [-0.4, -0.2) is 41.1 Å². The highest BCUT2D eigenvalue weighted by Crippen LogP contribution is 2.35. The minimum atomic E-state index is -0.584. The second-order valence-electron chi connectivity index (χ2n) is 6.17. The Morgan fingerprint density at radius 2 is 1.84 bits per heavy atom. The van der Waals surface area contributed by atoms with Crippen molar-refractivity contribution in [3.8, 4) is 0 Å². The summed E-state index contributed by atoms with van der Waals surface area (Å²) in [6.07, 6.45) is -0.0142. The first-order valence-corrected chi connectivity index (χ1v) is 6.44. The first-order valence-electron chi connectivity index (χ1n) is 6.44. The first kappa shape index (κ1) is 13.8. The summed E-state index contributed by atoms with van der Waals surface area (Å²) < 4.78 is 9.94. The zero-order valence-corrected chi connectivity index (χ0v) is 11.6. The van der Waals surface area contributed by atoms with Gasteiger partial charge in [-0.2, -0.15) is 0 Å². The van der Waals surface area contributed by atoms with Crippen LogP contribution in [0.1, 0.15) is 34.1 Å². The highest BCUT2D eigenvalue weighted by atomic mass is 16.6. The average molecular weight is 269 g/mol. The van der Waals surface area contributed by atoms with E-state index in [1.54, 1.807) is 20.8 Å². The number of fused-ring (bicyclic) bond motifs is 1. The molecule has 0 aromatic rings. The van der Waals surface area contributed by atoms with E-state index in [0.29, 0.717) is 6.42 Å². The number of hydrogen-bond acceptors (Lipinski definition) is 5. The Labute approximate surface area is 112 Å². The quantitative estimate of drug-likeness (QED) is 0.490. The second kappa shape index (κ2) is 4.51. The molecular weight excluding hydrogens is 250 g/mol. The third-order valence-corrected chi connectivity index (χ3v) is 3.44. The molecule has 0 spiro atoms. The standard InChI is InChI=1S/C13H19NO5/c1-7-5-8-9(11(16)18-10(8)15)6-14(7)12(17)19-13(2,3)4/h7-9H,5-6H2,1-4H3. The summed E-state index contributed by atoms with van der Waals surface area (Å²) in [5.41, 5.74) is -0.584. The van der Waals surface area contributed by atoms with Gasteiger partial charge in [-0.1, -0.05) is 0 Å². The van der Waals surface area contributed by atoms with Gasteiger partial charge in [0.1, 0.15) is 5.60 Å². The molecule has 0 bridgehead atoms. The Hall–Kier alpha value is -1.59. The number of likely N-dealkylation sites (tertiary alicyclic amines) is 1. The monoisotopic (exact) mass is 269 g/mol. The number of ether oxygens (including phenoxy) is 2. The summed E-state index contributed by atoms with van der Waals surface area (Å²) in [5, 5.41) is 0. The second-order valence-corrected chi connectivity index (χ2v) is 6.17. The smallest absolute Gasteiger partial charge is 0.410 e. The van der Waals surface area contributed by atoms with Crippen molar-refractivity contribution in [2.24, 2.45) is 11.8 Å². The van der Waals surface area contributed by atoms with Crippen molar-refractivity contribution in [1.29, 1.82) is 0 Å². The topological polar surface area (TPSA) is 72.9 Å². The summed E-state index contributed by atoms with van der Waals surface area (Å²) in [6, 6.07) is -0.144. The van der Waals surface area contributed by atoms with E-state index in [9.17, 15) is 14.4 Å². The van der Waals surface area contributed by atoms with E-state index < -0.39 is 35.5 Å².